The van der Waals surface area contributed by atoms with Gasteiger partial charge in [0.15, 0.2) is 0 Å². The molecule has 0 saturated heterocycles. The molecule has 0 saturated carbocycles. The molecule has 5 heteroatoms. The molecule has 0 aliphatic carbocycles. The minimum Gasteiger partial charge on any atom is -0.350 e. The number of nitriles is 1. The largest absolute Gasteiger partial charge is 0.350 e. The van der Waals surface area contributed by atoms with Gasteiger partial charge in [-0.25, -0.2) is 0 Å². The number of benzene rings is 2. The minimum absolute atomic E-state index is 0.118. The van der Waals surface area contributed by atoms with E-state index in [2.05, 4.69) is 22.4 Å². The monoisotopic (exact) mass is 375 g/mol. The molecule has 1 unspecified atom stereocenters. The average Bonchev–Trinajstić information content (AvgIpc) is 3.22. The second kappa shape index (κ2) is 8.63. The number of hydrogen-bond acceptors (Lipinski definition) is 4. The molecule has 27 heavy (non-hydrogen) atoms. The molecule has 0 aliphatic heterocycles. The van der Waals surface area contributed by atoms with E-state index < -0.39 is 0 Å². The number of hydrogen-bond donors (Lipinski definition) is 1. The zero-order valence-electron chi connectivity index (χ0n) is 15.3. The fourth-order valence-electron chi connectivity index (χ4n) is 3.03. The molecular formula is C22H21N3OS. The third-order valence-corrected chi connectivity index (χ3v) is 5.43. The highest BCUT2D eigenvalue weighted by Crippen LogP contribution is 2.27. The van der Waals surface area contributed by atoms with E-state index in [4.69, 9.17) is 0 Å². The van der Waals surface area contributed by atoms with E-state index in [1.165, 1.54) is 4.88 Å². The van der Waals surface area contributed by atoms with Crippen LogP contribution in [0, 0.1) is 11.3 Å². The van der Waals surface area contributed by atoms with Crippen molar-refractivity contribution >= 4 is 17.2 Å². The van der Waals surface area contributed by atoms with E-state index in [1.54, 1.807) is 23.5 Å². The van der Waals surface area contributed by atoms with E-state index in [9.17, 15) is 10.1 Å². The molecule has 0 fully saturated rings. The third kappa shape index (κ3) is 4.25. The van der Waals surface area contributed by atoms with Crippen LogP contribution < -0.4 is 5.32 Å². The first-order chi connectivity index (χ1) is 13.1. The van der Waals surface area contributed by atoms with Gasteiger partial charge in [0.05, 0.1) is 17.7 Å². The lowest BCUT2D eigenvalue weighted by atomic mass is 9.95. The number of nitrogens with one attached hydrogen (secondary N) is 1. The summed E-state index contributed by atoms with van der Waals surface area (Å²) in [5, 5.41) is 14.5. The summed E-state index contributed by atoms with van der Waals surface area (Å²) in [7, 11) is 4.02. The van der Waals surface area contributed by atoms with Gasteiger partial charge in [0.25, 0.3) is 5.91 Å². The highest BCUT2D eigenvalue weighted by atomic mass is 32.1. The molecular weight excluding hydrogens is 354 g/mol. The quantitative estimate of drug-likeness (QED) is 0.698. The van der Waals surface area contributed by atoms with Crippen molar-refractivity contribution in [3.63, 3.8) is 0 Å². The first-order valence-corrected chi connectivity index (χ1v) is 9.56. The normalized spacial score (nSPS) is 11.8. The lowest BCUT2D eigenvalue weighted by Crippen LogP contribution is -2.34. The van der Waals surface area contributed by atoms with Gasteiger partial charge in [-0.2, -0.15) is 5.26 Å². The maximum absolute atomic E-state index is 12.9. The zero-order valence-corrected chi connectivity index (χ0v) is 16.2. The van der Waals surface area contributed by atoms with Gasteiger partial charge in [-0.3, -0.25) is 4.79 Å². The number of rotatable bonds is 6. The minimum atomic E-state index is -0.137. The van der Waals surface area contributed by atoms with E-state index in [0.29, 0.717) is 17.7 Å². The molecule has 3 aromatic rings. The molecule has 1 amide bonds. The van der Waals surface area contributed by atoms with Crippen LogP contribution in [0.25, 0.3) is 11.1 Å². The highest BCUT2D eigenvalue weighted by Gasteiger charge is 2.19. The molecule has 1 atom stereocenters. The van der Waals surface area contributed by atoms with Crippen LogP contribution in [0.5, 0.6) is 0 Å². The molecule has 1 aromatic heterocycles. The number of carbonyl (C=O) groups is 1. The van der Waals surface area contributed by atoms with Crippen LogP contribution >= 0.6 is 11.3 Å². The fourth-order valence-corrected chi connectivity index (χ4v) is 3.96. The molecule has 136 valence electrons. The van der Waals surface area contributed by atoms with Crippen LogP contribution in [-0.4, -0.2) is 31.4 Å². The van der Waals surface area contributed by atoms with Crippen molar-refractivity contribution in [1.29, 1.82) is 5.26 Å². The number of carbonyl (C=O) groups excluding carboxylic acids is 1. The molecule has 3 rings (SSSR count). The molecule has 4 nitrogen and oxygen atoms in total. The number of nitrogens with zero attached hydrogens (tertiary/aromatic N) is 2. The summed E-state index contributed by atoms with van der Waals surface area (Å²) in [6.07, 6.45) is 0. The standard InChI is InChI=1S/C22H21N3OS/c1-25(2)20(21-12-7-13-27-21)15-24-22(26)19-11-6-5-10-18(19)17-9-4-3-8-16(17)14-23/h3-13,20H,15H2,1-2H3,(H,24,26). The Bertz CT molecular complexity index is 958. The Morgan fingerprint density at radius 2 is 1.78 bits per heavy atom. The highest BCUT2D eigenvalue weighted by molar-refractivity contribution is 7.10. The first kappa shape index (κ1) is 18.8. The lowest BCUT2D eigenvalue weighted by molar-refractivity contribution is 0.0943. The summed E-state index contributed by atoms with van der Waals surface area (Å²) in [4.78, 5) is 16.2. The van der Waals surface area contributed by atoms with Gasteiger partial charge in [0, 0.05) is 22.5 Å². The molecule has 0 bridgehead atoms. The molecule has 1 heterocycles. The summed E-state index contributed by atoms with van der Waals surface area (Å²) >= 11 is 1.68. The van der Waals surface area contributed by atoms with Crippen LogP contribution in [0.4, 0.5) is 0 Å². The van der Waals surface area contributed by atoms with Gasteiger partial charge in [-0.15, -0.1) is 11.3 Å². The predicted octanol–water partition coefficient (Wildman–Crippen LogP) is 4.32. The smallest absolute Gasteiger partial charge is 0.251 e. The maximum atomic E-state index is 12.9. The van der Waals surface area contributed by atoms with Crippen LogP contribution in [-0.2, 0) is 0 Å². The molecule has 1 N–H and O–H groups in total. The summed E-state index contributed by atoms with van der Waals surface area (Å²) in [6.45, 7) is 0.514. The Labute approximate surface area is 163 Å². The summed E-state index contributed by atoms with van der Waals surface area (Å²) in [6, 6.07) is 21.2. The second-order valence-electron chi connectivity index (χ2n) is 6.41. The Hall–Kier alpha value is -2.94. The van der Waals surface area contributed by atoms with Gasteiger partial charge in [0.2, 0.25) is 0 Å². The average molecular weight is 375 g/mol. The zero-order chi connectivity index (χ0) is 19.2. The summed E-state index contributed by atoms with van der Waals surface area (Å²) < 4.78 is 0. The van der Waals surface area contributed by atoms with Gasteiger partial charge in [-0.1, -0.05) is 42.5 Å². The van der Waals surface area contributed by atoms with Crippen LogP contribution in [0.2, 0.25) is 0 Å². The van der Waals surface area contributed by atoms with Crippen molar-refractivity contribution in [2.24, 2.45) is 0 Å². The van der Waals surface area contributed by atoms with Crippen molar-refractivity contribution < 1.29 is 4.79 Å². The van der Waals surface area contributed by atoms with Crippen LogP contribution in [0.15, 0.2) is 66.0 Å². The summed E-state index contributed by atoms with van der Waals surface area (Å²) in [5.74, 6) is -0.137. The van der Waals surface area contributed by atoms with Gasteiger partial charge >= 0.3 is 0 Å². The lowest BCUT2D eigenvalue weighted by Gasteiger charge is -2.23. The number of thiophene rings is 1. The first-order valence-electron chi connectivity index (χ1n) is 8.68. The number of likely N-dealkylation sites (N-methyl/N-ethyl adjacent to an activating group) is 1. The maximum Gasteiger partial charge on any atom is 0.251 e. The Morgan fingerprint density at radius 1 is 1.07 bits per heavy atom. The predicted molar refractivity (Wildman–Crippen MR) is 110 cm³/mol. The van der Waals surface area contributed by atoms with Crippen LogP contribution in [0.1, 0.15) is 26.8 Å². The van der Waals surface area contributed by atoms with Crippen molar-refractivity contribution in [3.8, 4) is 17.2 Å². The van der Waals surface area contributed by atoms with Crippen LogP contribution in [0.3, 0.4) is 0 Å². The SMILES string of the molecule is CN(C)C(CNC(=O)c1ccccc1-c1ccccc1C#N)c1cccs1. The van der Waals surface area contributed by atoms with Crippen molar-refractivity contribution in [1.82, 2.24) is 10.2 Å². The van der Waals surface area contributed by atoms with Crippen molar-refractivity contribution in [2.75, 3.05) is 20.6 Å². The van der Waals surface area contributed by atoms with Crippen molar-refractivity contribution in [2.45, 2.75) is 6.04 Å². The van der Waals surface area contributed by atoms with Gasteiger partial charge in [0.1, 0.15) is 0 Å². The molecule has 2 aromatic carbocycles. The van der Waals surface area contributed by atoms with Gasteiger partial charge < -0.3 is 10.2 Å². The van der Waals surface area contributed by atoms with Gasteiger partial charge in [-0.05, 0) is 43.2 Å². The molecule has 0 radical (unpaired) electrons. The Kier molecular flexibility index (Phi) is 6.02. The Balaban J connectivity index is 1.85. The van der Waals surface area contributed by atoms with E-state index in [0.717, 1.165) is 11.1 Å². The third-order valence-electron chi connectivity index (χ3n) is 4.46. The molecule has 0 aliphatic rings. The topological polar surface area (TPSA) is 56.1 Å². The van der Waals surface area contributed by atoms with Crippen molar-refractivity contribution in [3.05, 3.63) is 82.0 Å². The summed E-state index contributed by atoms with van der Waals surface area (Å²) in [5.41, 5.74) is 2.67. The van der Waals surface area contributed by atoms with E-state index >= 15 is 0 Å². The number of amides is 1. The Morgan fingerprint density at radius 3 is 2.44 bits per heavy atom. The fraction of sp³-hybridized carbons (Fsp3) is 0.182. The van der Waals surface area contributed by atoms with E-state index in [-0.39, 0.29) is 11.9 Å². The molecule has 0 spiro atoms. The van der Waals surface area contributed by atoms with E-state index in [1.807, 2.05) is 61.9 Å². The second-order valence-corrected chi connectivity index (χ2v) is 7.39.